The number of amides is 1. The first-order valence-electron chi connectivity index (χ1n) is 7.04. The summed E-state index contributed by atoms with van der Waals surface area (Å²) in [6.07, 6.45) is 5.38. The molecule has 1 aliphatic heterocycles. The molecule has 6 heteroatoms. The monoisotopic (exact) mass is 283 g/mol. The molecule has 1 saturated heterocycles. The first-order valence-corrected chi connectivity index (χ1v) is 7.04. The van der Waals surface area contributed by atoms with Gasteiger partial charge in [0.15, 0.2) is 5.69 Å². The summed E-state index contributed by atoms with van der Waals surface area (Å²) >= 11 is 0. The number of pyridine rings is 1. The zero-order valence-electron chi connectivity index (χ0n) is 11.6. The van der Waals surface area contributed by atoms with E-state index in [1.54, 1.807) is 12.4 Å². The molecule has 2 aromatic rings. The number of piperidine rings is 1. The molecule has 3 N–H and O–H groups in total. The fourth-order valence-corrected chi connectivity index (χ4v) is 2.58. The van der Waals surface area contributed by atoms with Crippen LogP contribution >= 0.6 is 0 Å². The number of aromatic nitrogens is 3. The third-order valence-corrected chi connectivity index (χ3v) is 3.69. The van der Waals surface area contributed by atoms with E-state index in [2.05, 4.69) is 20.3 Å². The highest BCUT2D eigenvalue weighted by Gasteiger charge is 2.21. The molecule has 0 bridgehead atoms. The van der Waals surface area contributed by atoms with Crippen molar-refractivity contribution in [3.63, 3.8) is 0 Å². The van der Waals surface area contributed by atoms with E-state index < -0.39 is 5.91 Å². The molecule has 0 atom stereocenters. The molecule has 0 spiro atoms. The molecule has 3 heterocycles. The predicted molar refractivity (Wildman–Crippen MR) is 78.6 cm³/mol. The summed E-state index contributed by atoms with van der Waals surface area (Å²) in [6, 6.07) is 5.48. The summed E-state index contributed by atoms with van der Waals surface area (Å²) in [5, 5.41) is 3.33. The average molecular weight is 283 g/mol. The standard InChI is InChI=1S/C15H17N5O/c16-15(21)14-13(11-3-1-2-6-18-11)20-12(9-19-14)10-4-7-17-8-5-10/h1-3,6,9-10,17H,4-5,7-8H2,(H2,16,21). The highest BCUT2D eigenvalue weighted by atomic mass is 16.1. The number of carbonyl (C=O) groups is 1. The fourth-order valence-electron chi connectivity index (χ4n) is 2.58. The lowest BCUT2D eigenvalue weighted by Crippen LogP contribution is -2.27. The molecular weight excluding hydrogens is 266 g/mol. The van der Waals surface area contributed by atoms with Gasteiger partial charge in [0, 0.05) is 18.3 Å². The van der Waals surface area contributed by atoms with Crippen molar-refractivity contribution in [3.05, 3.63) is 42.0 Å². The average Bonchev–Trinajstić information content (AvgIpc) is 2.56. The number of hydrogen-bond acceptors (Lipinski definition) is 5. The van der Waals surface area contributed by atoms with Gasteiger partial charge in [0.05, 0.1) is 11.4 Å². The van der Waals surface area contributed by atoms with Crippen molar-refractivity contribution in [1.82, 2.24) is 20.3 Å². The van der Waals surface area contributed by atoms with E-state index in [1.807, 2.05) is 18.2 Å². The van der Waals surface area contributed by atoms with Gasteiger partial charge in [0.25, 0.3) is 5.91 Å². The van der Waals surface area contributed by atoms with Crippen LogP contribution in [0.15, 0.2) is 30.6 Å². The van der Waals surface area contributed by atoms with Crippen molar-refractivity contribution in [2.75, 3.05) is 13.1 Å². The van der Waals surface area contributed by atoms with Gasteiger partial charge in [-0.1, -0.05) is 6.07 Å². The van der Waals surface area contributed by atoms with Crippen LogP contribution < -0.4 is 11.1 Å². The van der Waals surface area contributed by atoms with Gasteiger partial charge < -0.3 is 11.1 Å². The lowest BCUT2D eigenvalue weighted by Gasteiger charge is -2.22. The Morgan fingerprint density at radius 3 is 2.71 bits per heavy atom. The minimum absolute atomic E-state index is 0.173. The first-order chi connectivity index (χ1) is 10.3. The largest absolute Gasteiger partial charge is 0.364 e. The van der Waals surface area contributed by atoms with E-state index in [0.717, 1.165) is 31.6 Å². The van der Waals surface area contributed by atoms with E-state index in [-0.39, 0.29) is 5.69 Å². The van der Waals surface area contributed by atoms with Crippen LogP contribution in [-0.4, -0.2) is 33.9 Å². The molecule has 3 rings (SSSR count). The van der Waals surface area contributed by atoms with Gasteiger partial charge in [-0.2, -0.15) is 0 Å². The molecule has 0 aliphatic carbocycles. The molecule has 1 amide bonds. The minimum Gasteiger partial charge on any atom is -0.364 e. The number of nitrogens with one attached hydrogen (secondary N) is 1. The Hall–Kier alpha value is -2.34. The summed E-state index contributed by atoms with van der Waals surface area (Å²) in [4.78, 5) is 24.7. The van der Waals surface area contributed by atoms with E-state index in [1.165, 1.54) is 0 Å². The second-order valence-corrected chi connectivity index (χ2v) is 5.10. The van der Waals surface area contributed by atoms with Crippen LogP contribution in [-0.2, 0) is 0 Å². The summed E-state index contributed by atoms with van der Waals surface area (Å²) in [5.41, 5.74) is 7.57. The Bertz CT molecular complexity index is 638. The fraction of sp³-hybridized carbons (Fsp3) is 0.333. The molecule has 108 valence electrons. The van der Waals surface area contributed by atoms with Crippen molar-refractivity contribution < 1.29 is 4.79 Å². The van der Waals surface area contributed by atoms with Crippen LogP contribution in [0.2, 0.25) is 0 Å². The molecule has 1 aliphatic rings. The first kappa shape index (κ1) is 13.6. The number of carbonyl (C=O) groups excluding carboxylic acids is 1. The third-order valence-electron chi connectivity index (χ3n) is 3.69. The molecule has 6 nitrogen and oxygen atoms in total. The van der Waals surface area contributed by atoms with Crippen molar-refractivity contribution in [2.24, 2.45) is 5.73 Å². The van der Waals surface area contributed by atoms with Crippen LogP contribution in [0.1, 0.15) is 34.9 Å². The maximum atomic E-state index is 11.6. The molecule has 0 saturated carbocycles. The van der Waals surface area contributed by atoms with Gasteiger partial charge in [-0.15, -0.1) is 0 Å². The van der Waals surface area contributed by atoms with Crippen molar-refractivity contribution >= 4 is 5.91 Å². The topological polar surface area (TPSA) is 93.8 Å². The quantitative estimate of drug-likeness (QED) is 0.880. The van der Waals surface area contributed by atoms with Crippen LogP contribution in [0.3, 0.4) is 0 Å². The predicted octanol–water partition coefficient (Wildman–Crippen LogP) is 1.10. The van der Waals surface area contributed by atoms with Crippen molar-refractivity contribution in [1.29, 1.82) is 0 Å². The summed E-state index contributed by atoms with van der Waals surface area (Å²) in [5.74, 6) is -0.219. The van der Waals surface area contributed by atoms with Crippen LogP contribution in [0.5, 0.6) is 0 Å². The van der Waals surface area contributed by atoms with Gasteiger partial charge in [-0.05, 0) is 38.1 Å². The molecule has 21 heavy (non-hydrogen) atoms. The molecule has 0 radical (unpaired) electrons. The normalized spacial score (nSPS) is 15.8. The van der Waals surface area contributed by atoms with Crippen LogP contribution in [0.25, 0.3) is 11.4 Å². The Kier molecular flexibility index (Phi) is 3.87. The molecule has 1 fully saturated rings. The van der Waals surface area contributed by atoms with Gasteiger partial charge in [-0.25, -0.2) is 9.97 Å². The lowest BCUT2D eigenvalue weighted by molar-refractivity contribution is 0.0996. The Morgan fingerprint density at radius 2 is 2.05 bits per heavy atom. The van der Waals surface area contributed by atoms with Crippen molar-refractivity contribution in [3.8, 4) is 11.4 Å². The molecular formula is C15H17N5O. The lowest BCUT2D eigenvalue weighted by atomic mass is 9.94. The number of rotatable bonds is 3. The summed E-state index contributed by atoms with van der Waals surface area (Å²) < 4.78 is 0. The number of hydrogen-bond donors (Lipinski definition) is 2. The molecule has 2 aromatic heterocycles. The summed E-state index contributed by atoms with van der Waals surface area (Å²) in [7, 11) is 0. The minimum atomic E-state index is -0.583. The van der Waals surface area contributed by atoms with Gasteiger partial charge >= 0.3 is 0 Å². The van der Waals surface area contributed by atoms with Gasteiger partial charge in [-0.3, -0.25) is 9.78 Å². The molecule has 0 aromatic carbocycles. The molecule has 0 unspecified atom stereocenters. The summed E-state index contributed by atoms with van der Waals surface area (Å²) in [6.45, 7) is 1.95. The maximum Gasteiger partial charge on any atom is 0.269 e. The van der Waals surface area contributed by atoms with Crippen LogP contribution in [0, 0.1) is 0 Å². The van der Waals surface area contributed by atoms with E-state index in [0.29, 0.717) is 17.3 Å². The van der Waals surface area contributed by atoms with Crippen molar-refractivity contribution in [2.45, 2.75) is 18.8 Å². The number of nitrogens with zero attached hydrogens (tertiary/aromatic N) is 3. The Labute approximate surface area is 122 Å². The third kappa shape index (κ3) is 2.90. The zero-order chi connectivity index (χ0) is 14.7. The Morgan fingerprint density at radius 1 is 1.24 bits per heavy atom. The number of nitrogens with two attached hydrogens (primary N) is 1. The smallest absolute Gasteiger partial charge is 0.269 e. The zero-order valence-corrected chi connectivity index (χ0v) is 11.6. The van der Waals surface area contributed by atoms with E-state index in [4.69, 9.17) is 5.73 Å². The maximum absolute atomic E-state index is 11.6. The second kappa shape index (κ2) is 5.97. The van der Waals surface area contributed by atoms with Gasteiger partial charge in [0.2, 0.25) is 0 Å². The van der Waals surface area contributed by atoms with Crippen LogP contribution in [0.4, 0.5) is 0 Å². The van der Waals surface area contributed by atoms with E-state index in [9.17, 15) is 4.79 Å². The van der Waals surface area contributed by atoms with Gasteiger partial charge in [0.1, 0.15) is 5.69 Å². The van der Waals surface area contributed by atoms with E-state index >= 15 is 0 Å². The SMILES string of the molecule is NC(=O)c1ncc(C2CCNCC2)nc1-c1ccccn1. The number of primary amides is 1. The highest BCUT2D eigenvalue weighted by molar-refractivity contribution is 5.96. The highest BCUT2D eigenvalue weighted by Crippen LogP contribution is 2.26. The second-order valence-electron chi connectivity index (χ2n) is 5.10. The Balaban J connectivity index is 2.04.